The van der Waals surface area contributed by atoms with Crippen LogP contribution in [-0.4, -0.2) is 11.7 Å². The van der Waals surface area contributed by atoms with E-state index in [9.17, 15) is 0 Å². The van der Waals surface area contributed by atoms with Crippen molar-refractivity contribution in [3.63, 3.8) is 0 Å². The number of ether oxygens (including phenoxy) is 1. The summed E-state index contributed by atoms with van der Waals surface area (Å²) in [4.78, 5) is 0. The zero-order valence-electron chi connectivity index (χ0n) is 12.4. The van der Waals surface area contributed by atoms with Crippen LogP contribution in [0.2, 0.25) is 5.02 Å². The van der Waals surface area contributed by atoms with E-state index in [1.54, 1.807) is 0 Å². The monoisotopic (exact) mass is 308 g/mol. The Morgan fingerprint density at radius 2 is 2.10 bits per heavy atom. The zero-order chi connectivity index (χ0) is 15.1. The van der Waals surface area contributed by atoms with Crippen LogP contribution < -0.4 is 5.32 Å². The van der Waals surface area contributed by atoms with Gasteiger partial charge in [0.25, 0.3) is 0 Å². The van der Waals surface area contributed by atoms with Gasteiger partial charge in [0.15, 0.2) is 5.76 Å². The van der Waals surface area contributed by atoms with Crippen molar-refractivity contribution < 1.29 is 9.26 Å². The summed E-state index contributed by atoms with van der Waals surface area (Å²) in [7, 11) is 0. The Morgan fingerprint density at radius 1 is 1.29 bits per heavy atom. The second kappa shape index (κ2) is 8.17. The van der Waals surface area contributed by atoms with Crippen molar-refractivity contribution in [2.45, 2.75) is 33.6 Å². The maximum absolute atomic E-state index is 6.07. The lowest BCUT2D eigenvalue weighted by atomic mass is 10.2. The number of aromatic nitrogens is 1. The molecule has 0 atom stereocenters. The van der Waals surface area contributed by atoms with Crippen LogP contribution in [0, 0.1) is 5.92 Å². The molecule has 0 amide bonds. The van der Waals surface area contributed by atoms with E-state index in [0.717, 1.165) is 23.6 Å². The molecular weight excluding hydrogens is 288 g/mol. The Balaban J connectivity index is 1.74. The molecule has 1 heterocycles. The molecule has 0 spiro atoms. The highest BCUT2D eigenvalue weighted by molar-refractivity contribution is 6.31. The van der Waals surface area contributed by atoms with Crippen molar-refractivity contribution in [1.29, 1.82) is 0 Å². The first kappa shape index (κ1) is 16.0. The van der Waals surface area contributed by atoms with Crippen molar-refractivity contribution in [3.05, 3.63) is 52.4 Å². The zero-order valence-corrected chi connectivity index (χ0v) is 13.2. The Hall–Kier alpha value is -1.36. The molecule has 0 aliphatic rings. The summed E-state index contributed by atoms with van der Waals surface area (Å²) >= 11 is 6.07. The van der Waals surface area contributed by atoms with Gasteiger partial charge in [0, 0.05) is 17.6 Å². The molecule has 114 valence electrons. The van der Waals surface area contributed by atoms with Gasteiger partial charge in [-0.15, -0.1) is 0 Å². The van der Waals surface area contributed by atoms with Crippen LogP contribution in [0.1, 0.15) is 30.9 Å². The van der Waals surface area contributed by atoms with Crippen LogP contribution in [0.5, 0.6) is 0 Å². The highest BCUT2D eigenvalue weighted by Gasteiger charge is 2.05. The van der Waals surface area contributed by atoms with Gasteiger partial charge in [0.2, 0.25) is 0 Å². The summed E-state index contributed by atoms with van der Waals surface area (Å²) < 4.78 is 10.8. The third-order valence-electron chi connectivity index (χ3n) is 2.93. The minimum absolute atomic E-state index is 0.391. The van der Waals surface area contributed by atoms with E-state index in [2.05, 4.69) is 24.3 Å². The van der Waals surface area contributed by atoms with Gasteiger partial charge in [-0.05, 0) is 24.1 Å². The normalized spacial score (nSPS) is 11.2. The Morgan fingerprint density at radius 3 is 2.86 bits per heavy atom. The molecule has 0 unspecified atom stereocenters. The average Bonchev–Trinajstić information content (AvgIpc) is 2.88. The number of benzene rings is 1. The minimum Gasteiger partial charge on any atom is -0.369 e. The van der Waals surface area contributed by atoms with E-state index in [4.69, 9.17) is 20.9 Å². The molecule has 0 aliphatic carbocycles. The van der Waals surface area contributed by atoms with Crippen molar-refractivity contribution in [1.82, 2.24) is 10.5 Å². The molecule has 1 N–H and O–H groups in total. The predicted octanol–water partition coefficient (Wildman–Crippen LogP) is 3.79. The molecule has 2 rings (SSSR count). The van der Waals surface area contributed by atoms with E-state index >= 15 is 0 Å². The van der Waals surface area contributed by atoms with Gasteiger partial charge in [0.05, 0.1) is 12.3 Å². The molecule has 2 aromatic rings. The van der Waals surface area contributed by atoms with E-state index in [1.807, 2.05) is 30.3 Å². The fraction of sp³-hybridized carbons (Fsp3) is 0.438. The summed E-state index contributed by atoms with van der Waals surface area (Å²) in [6.45, 7) is 6.87. The first-order chi connectivity index (χ1) is 10.1. The maximum Gasteiger partial charge on any atom is 0.162 e. The lowest BCUT2D eigenvalue weighted by Crippen LogP contribution is -2.19. The first-order valence-corrected chi connectivity index (χ1v) is 7.49. The van der Waals surface area contributed by atoms with E-state index in [0.29, 0.717) is 30.7 Å². The Kier molecular flexibility index (Phi) is 6.23. The molecular formula is C16H21ClN2O2. The summed E-state index contributed by atoms with van der Waals surface area (Å²) in [5.74, 6) is 1.35. The number of nitrogens with one attached hydrogen (secondary N) is 1. The fourth-order valence-corrected chi connectivity index (χ4v) is 2.06. The number of nitrogens with zero attached hydrogens (tertiary/aromatic N) is 1. The van der Waals surface area contributed by atoms with Gasteiger partial charge in [0.1, 0.15) is 6.61 Å². The molecule has 1 aromatic carbocycles. The molecule has 0 bridgehead atoms. The maximum atomic E-state index is 6.07. The lowest BCUT2D eigenvalue weighted by molar-refractivity contribution is 0.0883. The SMILES string of the molecule is CC(C)CNCc1cc(COCc2ccccc2Cl)on1. The third kappa shape index (κ3) is 5.50. The highest BCUT2D eigenvalue weighted by atomic mass is 35.5. The van der Waals surface area contributed by atoms with Crippen LogP contribution in [-0.2, 0) is 24.5 Å². The summed E-state index contributed by atoms with van der Waals surface area (Å²) in [5.41, 5.74) is 1.87. The van der Waals surface area contributed by atoms with Crippen LogP contribution in [0.15, 0.2) is 34.9 Å². The third-order valence-corrected chi connectivity index (χ3v) is 3.29. The lowest BCUT2D eigenvalue weighted by Gasteiger charge is -2.04. The molecule has 0 aliphatic heterocycles. The smallest absolute Gasteiger partial charge is 0.162 e. The number of rotatable bonds is 8. The highest BCUT2D eigenvalue weighted by Crippen LogP contribution is 2.16. The number of hydrogen-bond donors (Lipinski definition) is 1. The van der Waals surface area contributed by atoms with Gasteiger partial charge in [-0.3, -0.25) is 0 Å². The van der Waals surface area contributed by atoms with Gasteiger partial charge in [-0.2, -0.15) is 0 Å². The van der Waals surface area contributed by atoms with E-state index in [-0.39, 0.29) is 0 Å². The van der Waals surface area contributed by atoms with Crippen LogP contribution in [0.25, 0.3) is 0 Å². The molecule has 0 radical (unpaired) electrons. The van der Waals surface area contributed by atoms with Crippen LogP contribution >= 0.6 is 11.6 Å². The fourth-order valence-electron chi connectivity index (χ4n) is 1.87. The quantitative estimate of drug-likeness (QED) is 0.806. The van der Waals surface area contributed by atoms with Crippen LogP contribution in [0.3, 0.4) is 0 Å². The van der Waals surface area contributed by atoms with Gasteiger partial charge in [-0.1, -0.05) is 48.8 Å². The van der Waals surface area contributed by atoms with Crippen molar-refractivity contribution in [3.8, 4) is 0 Å². The second-order valence-corrected chi connectivity index (χ2v) is 5.80. The van der Waals surface area contributed by atoms with Crippen molar-refractivity contribution >= 4 is 11.6 Å². The molecule has 1 aromatic heterocycles. The molecule has 0 saturated heterocycles. The molecule has 5 heteroatoms. The Labute approximate surface area is 130 Å². The van der Waals surface area contributed by atoms with Crippen molar-refractivity contribution in [2.24, 2.45) is 5.92 Å². The molecule has 0 fully saturated rings. The summed E-state index contributed by atoms with van der Waals surface area (Å²) in [5, 5.41) is 8.05. The summed E-state index contributed by atoms with van der Waals surface area (Å²) in [6.07, 6.45) is 0. The van der Waals surface area contributed by atoms with Gasteiger partial charge >= 0.3 is 0 Å². The minimum atomic E-state index is 0.391. The Bertz CT molecular complexity index is 555. The van der Waals surface area contributed by atoms with Gasteiger partial charge in [-0.25, -0.2) is 0 Å². The van der Waals surface area contributed by atoms with Gasteiger partial charge < -0.3 is 14.6 Å². The molecule has 21 heavy (non-hydrogen) atoms. The second-order valence-electron chi connectivity index (χ2n) is 5.39. The summed E-state index contributed by atoms with van der Waals surface area (Å²) in [6, 6.07) is 9.56. The van der Waals surface area contributed by atoms with E-state index < -0.39 is 0 Å². The molecule has 4 nitrogen and oxygen atoms in total. The number of halogens is 1. The predicted molar refractivity (Wildman–Crippen MR) is 83.0 cm³/mol. The number of hydrogen-bond acceptors (Lipinski definition) is 4. The van der Waals surface area contributed by atoms with Crippen molar-refractivity contribution in [2.75, 3.05) is 6.54 Å². The standard InChI is InChI=1S/C16H21ClN2O2/c1-12(2)8-18-9-14-7-15(21-19-14)11-20-10-13-5-3-4-6-16(13)17/h3-7,12,18H,8-11H2,1-2H3. The largest absolute Gasteiger partial charge is 0.369 e. The first-order valence-electron chi connectivity index (χ1n) is 7.11. The topological polar surface area (TPSA) is 47.3 Å². The van der Waals surface area contributed by atoms with Crippen LogP contribution in [0.4, 0.5) is 0 Å². The molecule has 0 saturated carbocycles. The van der Waals surface area contributed by atoms with E-state index in [1.165, 1.54) is 0 Å². The average molecular weight is 309 g/mol.